The van der Waals surface area contributed by atoms with Crippen molar-refractivity contribution < 1.29 is 8.42 Å². The van der Waals surface area contributed by atoms with Gasteiger partial charge < -0.3 is 5.73 Å². The van der Waals surface area contributed by atoms with Crippen molar-refractivity contribution in [3.8, 4) is 0 Å². The molecule has 6 heteroatoms. The molecule has 2 rings (SSSR count). The fraction of sp³-hybridized carbons (Fsp3) is 0.0769. The van der Waals surface area contributed by atoms with E-state index in [1.165, 1.54) is 18.2 Å². The van der Waals surface area contributed by atoms with Crippen molar-refractivity contribution in [3.63, 3.8) is 0 Å². The van der Waals surface area contributed by atoms with Crippen molar-refractivity contribution >= 4 is 43.1 Å². The van der Waals surface area contributed by atoms with Crippen molar-refractivity contribution in [1.82, 2.24) is 0 Å². The van der Waals surface area contributed by atoms with E-state index in [0.717, 1.165) is 4.47 Å². The van der Waals surface area contributed by atoms with Gasteiger partial charge in [0.25, 0.3) is 0 Å². The van der Waals surface area contributed by atoms with Gasteiger partial charge in [0.15, 0.2) is 9.84 Å². The first-order valence-corrected chi connectivity index (χ1v) is 8.23. The van der Waals surface area contributed by atoms with Crippen LogP contribution in [0.15, 0.2) is 51.8 Å². The molecule has 2 aromatic rings. The molecule has 0 aliphatic carbocycles. The molecule has 0 amide bonds. The van der Waals surface area contributed by atoms with Crippen LogP contribution in [-0.2, 0) is 15.6 Å². The second-order valence-electron chi connectivity index (χ2n) is 4.07. The Labute approximate surface area is 125 Å². The average Bonchev–Trinajstić information content (AvgIpc) is 2.31. The van der Waals surface area contributed by atoms with E-state index in [0.29, 0.717) is 10.6 Å². The highest BCUT2D eigenvalue weighted by Crippen LogP contribution is 2.25. The Morgan fingerprint density at radius 2 is 1.74 bits per heavy atom. The summed E-state index contributed by atoms with van der Waals surface area (Å²) in [7, 11) is -3.47. The van der Waals surface area contributed by atoms with E-state index in [9.17, 15) is 8.42 Å². The van der Waals surface area contributed by atoms with Crippen LogP contribution in [0.25, 0.3) is 0 Å². The first kappa shape index (κ1) is 14.4. The molecule has 0 bridgehead atoms. The van der Waals surface area contributed by atoms with Gasteiger partial charge in [-0.1, -0.05) is 39.7 Å². The minimum absolute atomic E-state index is 0.0912. The smallest absolute Gasteiger partial charge is 0.184 e. The number of halogens is 2. The molecule has 19 heavy (non-hydrogen) atoms. The van der Waals surface area contributed by atoms with Crippen LogP contribution < -0.4 is 5.73 Å². The van der Waals surface area contributed by atoms with Crippen LogP contribution in [0.1, 0.15) is 5.56 Å². The molecule has 0 heterocycles. The Bertz CT molecular complexity index is 699. The van der Waals surface area contributed by atoms with Gasteiger partial charge >= 0.3 is 0 Å². The summed E-state index contributed by atoms with van der Waals surface area (Å²) in [5.41, 5.74) is 6.59. The summed E-state index contributed by atoms with van der Waals surface area (Å²) < 4.78 is 25.5. The van der Waals surface area contributed by atoms with E-state index in [-0.39, 0.29) is 16.3 Å². The number of hydrogen-bond donors (Lipinski definition) is 1. The molecule has 0 fully saturated rings. The second-order valence-corrected chi connectivity index (χ2v) is 7.38. The SMILES string of the molecule is Nc1cc(Cl)ccc1S(=O)(=O)Cc1ccc(Br)cc1. The van der Waals surface area contributed by atoms with Gasteiger partial charge in [0.1, 0.15) is 0 Å². The van der Waals surface area contributed by atoms with Gasteiger partial charge in [0.2, 0.25) is 0 Å². The normalized spacial score (nSPS) is 11.5. The van der Waals surface area contributed by atoms with Crippen LogP contribution >= 0.6 is 27.5 Å². The quantitative estimate of drug-likeness (QED) is 0.850. The molecule has 3 nitrogen and oxygen atoms in total. The first-order chi connectivity index (χ1) is 8.88. The van der Waals surface area contributed by atoms with E-state index >= 15 is 0 Å². The van der Waals surface area contributed by atoms with Crippen molar-refractivity contribution in [2.45, 2.75) is 10.6 Å². The maximum Gasteiger partial charge on any atom is 0.184 e. The van der Waals surface area contributed by atoms with E-state index in [4.69, 9.17) is 17.3 Å². The van der Waals surface area contributed by atoms with Gasteiger partial charge in [-0.15, -0.1) is 0 Å². The molecule has 0 radical (unpaired) electrons. The molecule has 2 aromatic carbocycles. The van der Waals surface area contributed by atoms with Crippen molar-refractivity contribution in [1.29, 1.82) is 0 Å². The maximum atomic E-state index is 12.3. The third-order valence-electron chi connectivity index (χ3n) is 2.58. The van der Waals surface area contributed by atoms with E-state index in [2.05, 4.69) is 15.9 Å². The summed E-state index contributed by atoms with van der Waals surface area (Å²) in [4.78, 5) is 0.111. The first-order valence-electron chi connectivity index (χ1n) is 5.41. The van der Waals surface area contributed by atoms with Gasteiger partial charge in [0, 0.05) is 9.50 Å². The molecule has 0 aliphatic rings. The van der Waals surface area contributed by atoms with Gasteiger partial charge in [-0.25, -0.2) is 8.42 Å². The number of rotatable bonds is 3. The van der Waals surface area contributed by atoms with Gasteiger partial charge in [-0.3, -0.25) is 0 Å². The predicted octanol–water partition coefficient (Wildman–Crippen LogP) is 3.66. The lowest BCUT2D eigenvalue weighted by Gasteiger charge is -2.08. The molecule has 100 valence electrons. The number of hydrogen-bond acceptors (Lipinski definition) is 3. The van der Waals surface area contributed by atoms with Crippen molar-refractivity contribution in [2.24, 2.45) is 0 Å². The molecule has 0 aromatic heterocycles. The van der Waals surface area contributed by atoms with Crippen LogP contribution in [-0.4, -0.2) is 8.42 Å². The number of nitrogens with two attached hydrogens (primary N) is 1. The van der Waals surface area contributed by atoms with E-state index < -0.39 is 9.84 Å². The number of benzene rings is 2. The lowest BCUT2D eigenvalue weighted by molar-refractivity contribution is 0.595. The fourth-order valence-electron chi connectivity index (χ4n) is 1.68. The number of anilines is 1. The van der Waals surface area contributed by atoms with Gasteiger partial charge in [0.05, 0.1) is 16.3 Å². The molecular formula is C13H11BrClNO2S. The Hall–Kier alpha value is -1.04. The van der Waals surface area contributed by atoms with Crippen LogP contribution in [0, 0.1) is 0 Å². The van der Waals surface area contributed by atoms with E-state index in [1.807, 2.05) is 0 Å². The summed E-state index contributed by atoms with van der Waals surface area (Å²) in [5, 5.41) is 0.417. The molecule has 0 saturated carbocycles. The molecule has 0 aliphatic heterocycles. The zero-order valence-electron chi connectivity index (χ0n) is 9.81. The molecule has 0 spiro atoms. The highest BCUT2D eigenvalue weighted by molar-refractivity contribution is 9.10. The van der Waals surface area contributed by atoms with E-state index in [1.54, 1.807) is 24.3 Å². The monoisotopic (exact) mass is 359 g/mol. The highest BCUT2D eigenvalue weighted by Gasteiger charge is 2.18. The fourth-order valence-corrected chi connectivity index (χ4v) is 3.61. The summed E-state index contributed by atoms with van der Waals surface area (Å²) in [6, 6.07) is 11.5. The molecule has 0 unspecified atom stereocenters. The summed E-state index contributed by atoms with van der Waals surface area (Å²) in [5.74, 6) is -0.0912. The Kier molecular flexibility index (Phi) is 4.18. The maximum absolute atomic E-state index is 12.3. The van der Waals surface area contributed by atoms with Gasteiger partial charge in [-0.2, -0.15) is 0 Å². The standard InChI is InChI=1S/C13H11BrClNO2S/c14-10-3-1-9(2-4-10)8-19(17,18)13-6-5-11(15)7-12(13)16/h1-7H,8,16H2. The Balaban J connectivity index is 2.35. The minimum atomic E-state index is -3.47. The number of nitrogen functional groups attached to an aromatic ring is 1. The second kappa shape index (κ2) is 5.53. The highest BCUT2D eigenvalue weighted by atomic mass is 79.9. The molecule has 0 atom stereocenters. The molecular weight excluding hydrogens is 350 g/mol. The van der Waals surface area contributed by atoms with Gasteiger partial charge in [-0.05, 0) is 35.9 Å². The van der Waals surface area contributed by atoms with Crippen LogP contribution in [0.4, 0.5) is 5.69 Å². The zero-order valence-corrected chi connectivity index (χ0v) is 13.0. The lowest BCUT2D eigenvalue weighted by Crippen LogP contribution is -2.07. The van der Waals surface area contributed by atoms with Crippen LogP contribution in [0.2, 0.25) is 5.02 Å². The zero-order chi connectivity index (χ0) is 14.0. The third-order valence-corrected chi connectivity index (χ3v) is 5.10. The van der Waals surface area contributed by atoms with Crippen LogP contribution in [0.5, 0.6) is 0 Å². The van der Waals surface area contributed by atoms with Crippen molar-refractivity contribution in [2.75, 3.05) is 5.73 Å². The topological polar surface area (TPSA) is 60.2 Å². The largest absolute Gasteiger partial charge is 0.398 e. The lowest BCUT2D eigenvalue weighted by atomic mass is 10.2. The molecule has 2 N–H and O–H groups in total. The Morgan fingerprint density at radius 3 is 2.32 bits per heavy atom. The average molecular weight is 361 g/mol. The summed E-state index contributed by atoms with van der Waals surface area (Å²) >= 11 is 9.07. The van der Waals surface area contributed by atoms with Crippen molar-refractivity contribution in [3.05, 3.63) is 57.5 Å². The minimum Gasteiger partial charge on any atom is -0.398 e. The molecule has 0 saturated heterocycles. The summed E-state index contributed by atoms with van der Waals surface area (Å²) in [6.07, 6.45) is 0. The predicted molar refractivity (Wildman–Crippen MR) is 80.9 cm³/mol. The summed E-state index contributed by atoms with van der Waals surface area (Å²) in [6.45, 7) is 0. The van der Waals surface area contributed by atoms with Crippen LogP contribution in [0.3, 0.4) is 0 Å². The number of sulfone groups is 1. The Morgan fingerprint density at radius 1 is 1.11 bits per heavy atom. The third kappa shape index (κ3) is 3.49.